The summed E-state index contributed by atoms with van der Waals surface area (Å²) in [6.07, 6.45) is 0. The Kier molecular flexibility index (Phi) is 7.11. The van der Waals surface area contributed by atoms with Crippen molar-refractivity contribution in [3.8, 4) is 0 Å². The van der Waals surface area contributed by atoms with E-state index in [1.54, 1.807) is 0 Å². The maximum Gasteiger partial charge on any atom is 0.342 e. The molecule has 16 nitrogen and oxygen atoms in total. The zero-order chi connectivity index (χ0) is 23.2. The molecule has 2 rings (SSSR count). The number of rotatable bonds is 6. The molecule has 0 fully saturated rings. The van der Waals surface area contributed by atoms with Gasteiger partial charge >= 0.3 is 5.97 Å². The Hall–Kier alpha value is -5.02. The molecule has 0 atom stereocenters. The molecule has 16 heteroatoms. The summed E-state index contributed by atoms with van der Waals surface area (Å²) in [5.74, 6) is -2.51. The number of hydrogen-bond donors (Lipinski definition) is 2. The highest BCUT2D eigenvalue weighted by molar-refractivity contribution is 5.97. The molecule has 2 aromatic carbocycles. The Morgan fingerprint density at radius 3 is 1.37 bits per heavy atom. The van der Waals surface area contributed by atoms with E-state index in [1.165, 1.54) is 0 Å². The maximum atomic E-state index is 10.8. The molecule has 30 heavy (non-hydrogen) atoms. The number of hydrogen-bond acceptors (Lipinski definition) is 10. The van der Waals surface area contributed by atoms with Crippen LogP contribution < -0.4 is 5.73 Å². The summed E-state index contributed by atoms with van der Waals surface area (Å²) in [5, 5.41) is 50.1. The van der Waals surface area contributed by atoms with Gasteiger partial charge in [0, 0.05) is 12.1 Å². The van der Waals surface area contributed by atoms with Gasteiger partial charge in [0.15, 0.2) is 0 Å². The predicted octanol–water partition coefficient (Wildman–Crippen LogP) is 1.80. The largest absolute Gasteiger partial charge is 0.477 e. The standard InChI is InChI=1S/C7H5N3O5.C7H4N2O6/c8-7(11)5-2-1-4(9(12)13)3-6(5)10(14)15;10-7(11)5-2-1-4(8(12)13)3-6(5)9(14)15/h1-3H,(H2,8,11);1-3H,(H,10,11). The number of amides is 1. The van der Waals surface area contributed by atoms with Crippen LogP contribution in [-0.2, 0) is 0 Å². The minimum atomic E-state index is -1.50. The monoisotopic (exact) mass is 423 g/mol. The van der Waals surface area contributed by atoms with Crippen molar-refractivity contribution in [3.63, 3.8) is 0 Å². The molecule has 2 aromatic rings. The van der Waals surface area contributed by atoms with Gasteiger partial charge in [0.05, 0.1) is 31.8 Å². The molecule has 0 aliphatic rings. The lowest BCUT2D eigenvalue weighted by atomic mass is 10.1. The van der Waals surface area contributed by atoms with Gasteiger partial charge in [-0.3, -0.25) is 45.3 Å². The van der Waals surface area contributed by atoms with Gasteiger partial charge < -0.3 is 10.8 Å². The van der Waals surface area contributed by atoms with Gasteiger partial charge in [-0.25, -0.2) is 4.79 Å². The van der Waals surface area contributed by atoms with Gasteiger partial charge in [-0.1, -0.05) is 0 Å². The summed E-state index contributed by atoms with van der Waals surface area (Å²) in [6.45, 7) is 0. The average molecular weight is 423 g/mol. The number of nitro groups is 4. The van der Waals surface area contributed by atoms with Gasteiger partial charge in [-0.2, -0.15) is 0 Å². The molecule has 0 unspecified atom stereocenters. The summed E-state index contributed by atoms with van der Waals surface area (Å²) < 4.78 is 0. The molecule has 0 heterocycles. The molecule has 0 aromatic heterocycles. The quantitative estimate of drug-likeness (QED) is 0.500. The SMILES string of the molecule is NC(=O)c1ccc([N+](=O)[O-])cc1[N+](=O)[O-].O=C(O)c1ccc([N+](=O)[O-])cc1[N+](=O)[O-]. The summed E-state index contributed by atoms with van der Waals surface area (Å²) in [5.41, 5.74) is 1.48. The zero-order valence-electron chi connectivity index (χ0n) is 14.4. The maximum absolute atomic E-state index is 10.8. The molecular weight excluding hydrogens is 414 g/mol. The molecule has 0 saturated carbocycles. The third-order valence-corrected chi connectivity index (χ3v) is 3.27. The number of benzene rings is 2. The van der Waals surface area contributed by atoms with E-state index in [0.717, 1.165) is 24.3 Å². The fraction of sp³-hybridized carbons (Fsp3) is 0. The number of carboxylic acids is 1. The topological polar surface area (TPSA) is 253 Å². The van der Waals surface area contributed by atoms with E-state index in [0.29, 0.717) is 12.1 Å². The number of carbonyl (C=O) groups is 2. The van der Waals surface area contributed by atoms with E-state index in [9.17, 15) is 50.0 Å². The van der Waals surface area contributed by atoms with E-state index in [2.05, 4.69) is 0 Å². The van der Waals surface area contributed by atoms with Crippen LogP contribution in [0.3, 0.4) is 0 Å². The van der Waals surface area contributed by atoms with Crippen molar-refractivity contribution in [1.29, 1.82) is 0 Å². The lowest BCUT2D eigenvalue weighted by Gasteiger charge is -1.97. The van der Waals surface area contributed by atoms with Crippen LogP contribution >= 0.6 is 0 Å². The van der Waals surface area contributed by atoms with Gasteiger partial charge in [0.2, 0.25) is 0 Å². The number of nitrogens with two attached hydrogens (primary N) is 1. The van der Waals surface area contributed by atoms with Gasteiger partial charge in [0.1, 0.15) is 11.1 Å². The van der Waals surface area contributed by atoms with Crippen molar-refractivity contribution in [3.05, 3.63) is 88.0 Å². The molecule has 0 aliphatic carbocycles. The van der Waals surface area contributed by atoms with E-state index in [1.807, 2.05) is 0 Å². The second kappa shape index (κ2) is 9.26. The second-order valence-electron chi connectivity index (χ2n) is 5.10. The van der Waals surface area contributed by atoms with Crippen LogP contribution in [0.1, 0.15) is 20.7 Å². The second-order valence-corrected chi connectivity index (χ2v) is 5.10. The number of nitro benzene ring substituents is 4. The molecule has 1 amide bonds. The van der Waals surface area contributed by atoms with E-state index < -0.39 is 59.9 Å². The summed E-state index contributed by atoms with van der Waals surface area (Å²) in [4.78, 5) is 59.3. The molecule has 0 radical (unpaired) electrons. The van der Waals surface area contributed by atoms with Crippen LogP contribution in [0.25, 0.3) is 0 Å². The lowest BCUT2D eigenvalue weighted by Crippen LogP contribution is -2.13. The predicted molar refractivity (Wildman–Crippen MR) is 95.0 cm³/mol. The fourth-order valence-corrected chi connectivity index (χ4v) is 1.96. The molecule has 0 saturated heterocycles. The highest BCUT2D eigenvalue weighted by Crippen LogP contribution is 2.25. The summed E-state index contributed by atoms with van der Waals surface area (Å²) in [6, 6.07) is 4.98. The first kappa shape index (κ1) is 23.0. The molecular formula is C14H9N5O11. The van der Waals surface area contributed by atoms with Crippen molar-refractivity contribution in [2.45, 2.75) is 0 Å². The Labute approximate surface area is 163 Å². The number of nitrogens with zero attached hydrogens (tertiary/aromatic N) is 4. The minimum absolute atomic E-state index is 0.356. The van der Waals surface area contributed by atoms with Crippen molar-refractivity contribution in [2.24, 2.45) is 5.73 Å². The van der Waals surface area contributed by atoms with Crippen molar-refractivity contribution in [2.75, 3.05) is 0 Å². The number of primary amides is 1. The number of carboxylic acid groups (broad SMARTS) is 1. The summed E-state index contributed by atoms with van der Waals surface area (Å²) >= 11 is 0. The van der Waals surface area contributed by atoms with E-state index in [-0.39, 0.29) is 5.56 Å². The Morgan fingerprint density at radius 2 is 1.07 bits per heavy atom. The van der Waals surface area contributed by atoms with Crippen LogP contribution in [0.2, 0.25) is 0 Å². The third-order valence-electron chi connectivity index (χ3n) is 3.27. The lowest BCUT2D eigenvalue weighted by molar-refractivity contribution is -0.394. The normalized spacial score (nSPS) is 9.60. The third kappa shape index (κ3) is 5.49. The Morgan fingerprint density at radius 1 is 0.700 bits per heavy atom. The van der Waals surface area contributed by atoms with Crippen LogP contribution in [-0.4, -0.2) is 36.7 Å². The Bertz CT molecular complexity index is 996. The Balaban J connectivity index is 0.000000300. The molecule has 0 aliphatic heterocycles. The number of non-ortho nitro benzene ring substituents is 2. The van der Waals surface area contributed by atoms with Crippen molar-refractivity contribution >= 4 is 34.6 Å². The van der Waals surface area contributed by atoms with Crippen molar-refractivity contribution < 1.29 is 34.4 Å². The van der Waals surface area contributed by atoms with E-state index in [4.69, 9.17) is 10.8 Å². The summed E-state index contributed by atoms with van der Waals surface area (Å²) in [7, 11) is 0. The van der Waals surface area contributed by atoms with Crippen molar-refractivity contribution in [1.82, 2.24) is 0 Å². The minimum Gasteiger partial charge on any atom is -0.477 e. The van der Waals surface area contributed by atoms with E-state index >= 15 is 0 Å². The first-order valence-corrected chi connectivity index (χ1v) is 7.25. The first-order chi connectivity index (χ1) is 13.9. The van der Waals surface area contributed by atoms with Crippen LogP contribution in [0.4, 0.5) is 22.7 Å². The van der Waals surface area contributed by atoms with Gasteiger partial charge in [-0.15, -0.1) is 0 Å². The highest BCUT2D eigenvalue weighted by atomic mass is 16.6. The van der Waals surface area contributed by atoms with Gasteiger partial charge in [-0.05, 0) is 12.1 Å². The average Bonchev–Trinajstić information content (AvgIpc) is 2.67. The highest BCUT2D eigenvalue weighted by Gasteiger charge is 2.23. The molecule has 156 valence electrons. The number of aromatic carboxylic acids is 1. The van der Waals surface area contributed by atoms with Gasteiger partial charge in [0.25, 0.3) is 28.7 Å². The van der Waals surface area contributed by atoms with Crippen LogP contribution in [0.15, 0.2) is 36.4 Å². The number of carbonyl (C=O) groups excluding carboxylic acids is 1. The molecule has 0 bridgehead atoms. The first-order valence-electron chi connectivity index (χ1n) is 7.25. The molecule has 3 N–H and O–H groups in total. The molecule has 0 spiro atoms. The fourth-order valence-electron chi connectivity index (χ4n) is 1.96. The van der Waals surface area contributed by atoms with Crippen LogP contribution in [0, 0.1) is 40.5 Å². The zero-order valence-corrected chi connectivity index (χ0v) is 14.4. The smallest absolute Gasteiger partial charge is 0.342 e. The van der Waals surface area contributed by atoms with Crippen LogP contribution in [0.5, 0.6) is 0 Å².